The Kier molecular flexibility index (Phi) is 6.20. The van der Waals surface area contributed by atoms with E-state index in [0.717, 1.165) is 29.7 Å². The number of rotatable bonds is 7. The lowest BCUT2D eigenvalue weighted by atomic mass is 9.97. The molecule has 0 unspecified atom stereocenters. The molecular formula is C19H22F3N5O4. The van der Waals surface area contributed by atoms with Crippen molar-refractivity contribution in [3.63, 3.8) is 0 Å². The minimum atomic E-state index is -4.97. The summed E-state index contributed by atoms with van der Waals surface area (Å²) in [5.41, 5.74) is -3.46. The molecule has 1 aromatic heterocycles. The normalized spacial score (nSPS) is 16.2. The van der Waals surface area contributed by atoms with E-state index >= 15 is 0 Å². The predicted molar refractivity (Wildman–Crippen MR) is 105 cm³/mol. The van der Waals surface area contributed by atoms with Gasteiger partial charge in [-0.05, 0) is 25.0 Å². The van der Waals surface area contributed by atoms with Crippen molar-refractivity contribution in [3.05, 3.63) is 52.1 Å². The largest absolute Gasteiger partial charge is 0.424 e. The summed E-state index contributed by atoms with van der Waals surface area (Å²) in [5, 5.41) is 24.4. The maximum absolute atomic E-state index is 13.6. The number of amides is 1. The number of nitrogens with zero attached hydrogens (tertiary/aromatic N) is 4. The van der Waals surface area contributed by atoms with E-state index in [4.69, 9.17) is 0 Å². The van der Waals surface area contributed by atoms with Crippen LogP contribution in [0.15, 0.2) is 30.6 Å². The van der Waals surface area contributed by atoms with Crippen molar-refractivity contribution in [3.8, 4) is 0 Å². The number of anilines is 1. The van der Waals surface area contributed by atoms with E-state index in [1.165, 1.54) is 30.3 Å². The van der Waals surface area contributed by atoms with Crippen LogP contribution in [0.25, 0.3) is 0 Å². The van der Waals surface area contributed by atoms with Gasteiger partial charge < -0.3 is 19.9 Å². The highest BCUT2D eigenvalue weighted by atomic mass is 19.4. The number of likely N-dealkylation sites (tertiary alicyclic amines) is 1. The molecule has 1 aromatic carbocycles. The average Bonchev–Trinajstić information content (AvgIpc) is 3.38. The van der Waals surface area contributed by atoms with Gasteiger partial charge >= 0.3 is 6.18 Å². The molecule has 1 aliphatic rings. The molecule has 1 atom stereocenters. The summed E-state index contributed by atoms with van der Waals surface area (Å²) in [6.07, 6.45) is -1.66. The number of carbonyl (C=O) groups excluding carboxylic acids is 1. The van der Waals surface area contributed by atoms with Crippen molar-refractivity contribution >= 4 is 17.3 Å². The highest BCUT2D eigenvalue weighted by molar-refractivity contribution is 5.99. The van der Waals surface area contributed by atoms with Crippen molar-refractivity contribution in [2.75, 3.05) is 25.0 Å². The number of nitro groups is 1. The molecule has 1 aliphatic heterocycles. The molecule has 0 saturated carbocycles. The van der Waals surface area contributed by atoms with Gasteiger partial charge in [0.05, 0.1) is 4.92 Å². The van der Waals surface area contributed by atoms with Gasteiger partial charge in [-0.1, -0.05) is 0 Å². The Balaban J connectivity index is 1.79. The molecule has 1 fully saturated rings. The van der Waals surface area contributed by atoms with Crippen molar-refractivity contribution in [1.29, 1.82) is 0 Å². The highest BCUT2D eigenvalue weighted by Crippen LogP contribution is 2.40. The molecule has 2 aromatic rings. The van der Waals surface area contributed by atoms with Gasteiger partial charge in [-0.15, -0.1) is 0 Å². The Morgan fingerprint density at radius 2 is 2.00 bits per heavy atom. The topological polar surface area (TPSA) is 114 Å². The lowest BCUT2D eigenvalue weighted by Crippen LogP contribution is -2.45. The number of imidazole rings is 1. The summed E-state index contributed by atoms with van der Waals surface area (Å²) >= 11 is 0. The summed E-state index contributed by atoms with van der Waals surface area (Å²) in [5.74, 6) is -1.04. The fourth-order valence-electron chi connectivity index (χ4n) is 3.60. The number of hydrogen-bond donors (Lipinski definition) is 2. The molecule has 1 amide bonds. The van der Waals surface area contributed by atoms with Gasteiger partial charge in [-0.2, -0.15) is 13.2 Å². The molecule has 0 radical (unpaired) electrons. The third-order valence-corrected chi connectivity index (χ3v) is 5.29. The summed E-state index contributed by atoms with van der Waals surface area (Å²) in [7, 11) is 1.35. The van der Waals surface area contributed by atoms with Crippen molar-refractivity contribution in [2.45, 2.75) is 31.0 Å². The highest BCUT2D eigenvalue weighted by Gasteiger charge is 2.57. The Hall–Kier alpha value is -3.15. The van der Waals surface area contributed by atoms with Gasteiger partial charge in [0.15, 0.2) is 0 Å². The van der Waals surface area contributed by atoms with E-state index in [2.05, 4.69) is 10.3 Å². The molecule has 2 N–H and O–H groups in total. The molecule has 12 heteroatoms. The fraction of sp³-hybridized carbons (Fsp3) is 0.474. The van der Waals surface area contributed by atoms with Gasteiger partial charge in [-0.3, -0.25) is 14.9 Å². The van der Waals surface area contributed by atoms with E-state index in [0.29, 0.717) is 13.1 Å². The maximum Gasteiger partial charge on any atom is 0.424 e. The number of hydrogen-bond acceptors (Lipinski definition) is 6. The number of aromatic nitrogens is 2. The van der Waals surface area contributed by atoms with E-state index in [9.17, 15) is 33.2 Å². The summed E-state index contributed by atoms with van der Waals surface area (Å²) in [6.45, 7) is 0.671. The van der Waals surface area contributed by atoms with Crippen LogP contribution in [0, 0.1) is 10.1 Å². The number of aliphatic hydroxyl groups is 1. The molecule has 2 heterocycles. The molecule has 9 nitrogen and oxygen atoms in total. The number of carbonyl (C=O) groups is 1. The Morgan fingerprint density at radius 1 is 1.32 bits per heavy atom. The third-order valence-electron chi connectivity index (χ3n) is 5.29. The van der Waals surface area contributed by atoms with Crippen molar-refractivity contribution < 1.29 is 28.0 Å². The SMILES string of the molecule is Cn1ccnc1[C@@](O)(CCNc1ccc([N+](=O)[O-])c(C(=O)N2CCCC2)c1)C(F)(F)F. The number of nitro benzene ring substituents is 1. The number of halogens is 3. The molecule has 1 saturated heterocycles. The summed E-state index contributed by atoms with van der Waals surface area (Å²) < 4.78 is 41.9. The van der Waals surface area contributed by atoms with Crippen LogP contribution in [-0.4, -0.2) is 56.2 Å². The van der Waals surface area contributed by atoms with Crippen LogP contribution in [0.3, 0.4) is 0 Å². The second-order valence-corrected chi connectivity index (χ2v) is 7.38. The number of alkyl halides is 3. The Labute approximate surface area is 175 Å². The van der Waals surface area contributed by atoms with Crippen LogP contribution < -0.4 is 5.32 Å². The van der Waals surface area contributed by atoms with Crippen LogP contribution in [-0.2, 0) is 12.6 Å². The zero-order chi connectivity index (χ0) is 22.8. The zero-order valence-electron chi connectivity index (χ0n) is 16.7. The van der Waals surface area contributed by atoms with Crippen LogP contribution >= 0.6 is 0 Å². The van der Waals surface area contributed by atoms with Crippen LogP contribution in [0.4, 0.5) is 24.5 Å². The van der Waals surface area contributed by atoms with E-state index < -0.39 is 34.9 Å². The monoisotopic (exact) mass is 441 g/mol. The lowest BCUT2D eigenvalue weighted by Gasteiger charge is -2.30. The molecule has 0 spiro atoms. The second kappa shape index (κ2) is 8.53. The molecular weight excluding hydrogens is 419 g/mol. The first kappa shape index (κ1) is 22.5. The zero-order valence-corrected chi connectivity index (χ0v) is 16.7. The van der Waals surface area contributed by atoms with Crippen LogP contribution in [0.1, 0.15) is 35.4 Å². The summed E-state index contributed by atoms with van der Waals surface area (Å²) in [4.78, 5) is 28.5. The Bertz CT molecular complexity index is 972. The van der Waals surface area contributed by atoms with Gasteiger partial charge in [0.25, 0.3) is 11.6 Å². The number of aryl methyl sites for hydroxylation is 1. The standard InChI is InChI=1S/C19H22F3N5O4/c1-25-11-8-24-17(25)18(29,19(20,21)22)6-7-23-13-4-5-15(27(30)31)14(12-13)16(28)26-9-2-3-10-26/h4-5,8,11-12,23,29H,2-3,6-7,9-10H2,1H3/t18-/m0/s1. The maximum atomic E-state index is 13.6. The van der Waals surface area contributed by atoms with Crippen LogP contribution in [0.5, 0.6) is 0 Å². The third kappa shape index (κ3) is 4.48. The van der Waals surface area contributed by atoms with Crippen molar-refractivity contribution in [2.24, 2.45) is 7.05 Å². The summed E-state index contributed by atoms with van der Waals surface area (Å²) in [6, 6.07) is 3.71. The van der Waals surface area contributed by atoms with Crippen molar-refractivity contribution in [1.82, 2.24) is 14.5 Å². The predicted octanol–water partition coefficient (Wildman–Crippen LogP) is 2.82. The van der Waals surface area contributed by atoms with Gasteiger partial charge in [0, 0.05) is 57.3 Å². The van der Waals surface area contributed by atoms with Gasteiger partial charge in [0.2, 0.25) is 5.60 Å². The first-order chi connectivity index (χ1) is 14.5. The Morgan fingerprint density at radius 3 is 2.55 bits per heavy atom. The lowest BCUT2D eigenvalue weighted by molar-refractivity contribution is -0.385. The van der Waals surface area contributed by atoms with E-state index in [-0.39, 0.29) is 23.5 Å². The van der Waals surface area contributed by atoms with E-state index in [1.807, 2.05) is 0 Å². The first-order valence-electron chi connectivity index (χ1n) is 9.63. The minimum absolute atomic E-state index is 0.132. The average molecular weight is 441 g/mol. The molecule has 0 bridgehead atoms. The van der Waals surface area contributed by atoms with E-state index in [1.54, 1.807) is 0 Å². The number of benzene rings is 1. The fourth-order valence-corrected chi connectivity index (χ4v) is 3.60. The molecule has 168 valence electrons. The minimum Gasteiger partial charge on any atom is -0.385 e. The van der Waals surface area contributed by atoms with Gasteiger partial charge in [-0.25, -0.2) is 4.98 Å². The molecule has 0 aliphatic carbocycles. The number of nitrogens with one attached hydrogen (secondary N) is 1. The molecule has 31 heavy (non-hydrogen) atoms. The smallest absolute Gasteiger partial charge is 0.385 e. The van der Waals surface area contributed by atoms with Crippen LogP contribution in [0.2, 0.25) is 0 Å². The first-order valence-corrected chi connectivity index (χ1v) is 9.63. The van der Waals surface area contributed by atoms with Gasteiger partial charge in [0.1, 0.15) is 11.4 Å². The second-order valence-electron chi connectivity index (χ2n) is 7.38. The quantitative estimate of drug-likeness (QED) is 0.505. The molecule has 3 rings (SSSR count).